The molecule has 0 aliphatic rings. The van der Waals surface area contributed by atoms with Gasteiger partial charge in [-0.2, -0.15) is 5.10 Å². The summed E-state index contributed by atoms with van der Waals surface area (Å²) in [5.41, 5.74) is 3.02. The van der Waals surface area contributed by atoms with E-state index < -0.39 is 5.97 Å². The zero-order valence-corrected chi connectivity index (χ0v) is 14.5. The Balaban J connectivity index is 2.46. The van der Waals surface area contributed by atoms with E-state index in [9.17, 15) is 4.79 Å². The molecule has 6 heteroatoms. The second-order valence-corrected chi connectivity index (χ2v) is 7.00. The van der Waals surface area contributed by atoms with E-state index in [0.717, 1.165) is 26.4 Å². The van der Waals surface area contributed by atoms with Gasteiger partial charge in [0.15, 0.2) is 0 Å². The fourth-order valence-corrected chi connectivity index (χ4v) is 3.14. The summed E-state index contributed by atoms with van der Waals surface area (Å²) in [5, 5.41) is 14.4. The number of hydrogen-bond donors (Lipinski definition) is 1. The third-order valence-electron chi connectivity index (χ3n) is 3.02. The zero-order chi connectivity index (χ0) is 15.6. The molecule has 2 aromatic rings. The number of thioether (sulfide) groups is 1. The van der Waals surface area contributed by atoms with Crippen LogP contribution >= 0.6 is 27.7 Å². The van der Waals surface area contributed by atoms with Crippen LogP contribution in [0.4, 0.5) is 0 Å². The van der Waals surface area contributed by atoms with Crippen LogP contribution in [-0.4, -0.2) is 26.6 Å². The molecule has 0 spiro atoms. The van der Waals surface area contributed by atoms with Crippen LogP contribution in [0.2, 0.25) is 0 Å². The highest BCUT2D eigenvalue weighted by atomic mass is 79.9. The molecular formula is C15H17BrN2O2S. The molecule has 0 aliphatic carbocycles. The van der Waals surface area contributed by atoms with Gasteiger partial charge in [0.1, 0.15) is 5.03 Å². The van der Waals surface area contributed by atoms with E-state index >= 15 is 0 Å². The number of nitrogens with zero attached hydrogens (tertiary/aromatic N) is 2. The third kappa shape index (κ3) is 3.89. The lowest BCUT2D eigenvalue weighted by atomic mass is 10.1. The first-order valence-electron chi connectivity index (χ1n) is 6.59. The van der Waals surface area contributed by atoms with E-state index in [-0.39, 0.29) is 5.75 Å². The predicted octanol–water partition coefficient (Wildman–Crippen LogP) is 4.24. The van der Waals surface area contributed by atoms with Crippen molar-refractivity contribution >= 4 is 33.7 Å². The third-order valence-corrected chi connectivity index (χ3v) is 4.49. The summed E-state index contributed by atoms with van der Waals surface area (Å²) < 4.78 is 2.85. The first kappa shape index (κ1) is 16.1. The quantitative estimate of drug-likeness (QED) is 0.801. The van der Waals surface area contributed by atoms with E-state index in [0.29, 0.717) is 5.92 Å². The summed E-state index contributed by atoms with van der Waals surface area (Å²) in [6.07, 6.45) is 0. The smallest absolute Gasteiger partial charge is 0.313 e. The Morgan fingerprint density at radius 2 is 2.14 bits per heavy atom. The zero-order valence-electron chi connectivity index (χ0n) is 12.1. The van der Waals surface area contributed by atoms with E-state index in [1.807, 2.05) is 35.9 Å². The molecule has 1 N–H and O–H groups in total. The Kier molecular flexibility index (Phi) is 5.11. The number of aliphatic carboxylic acids is 1. The average molecular weight is 369 g/mol. The van der Waals surface area contributed by atoms with Crippen LogP contribution < -0.4 is 0 Å². The van der Waals surface area contributed by atoms with Gasteiger partial charge in [-0.3, -0.25) is 4.79 Å². The average Bonchev–Trinajstić information content (AvgIpc) is 2.80. The number of carboxylic acid groups (broad SMARTS) is 1. The molecule has 0 amide bonds. The molecule has 0 saturated carbocycles. The monoisotopic (exact) mass is 368 g/mol. The van der Waals surface area contributed by atoms with E-state index in [4.69, 9.17) is 5.11 Å². The molecule has 112 valence electrons. The van der Waals surface area contributed by atoms with Crippen molar-refractivity contribution in [2.75, 3.05) is 5.75 Å². The summed E-state index contributed by atoms with van der Waals surface area (Å²) >= 11 is 4.74. The van der Waals surface area contributed by atoms with Gasteiger partial charge in [-0.25, -0.2) is 4.68 Å². The lowest BCUT2D eigenvalue weighted by molar-refractivity contribution is -0.133. The van der Waals surface area contributed by atoms with Crippen molar-refractivity contribution in [1.29, 1.82) is 0 Å². The number of halogens is 1. The van der Waals surface area contributed by atoms with Crippen LogP contribution in [0.3, 0.4) is 0 Å². The van der Waals surface area contributed by atoms with Crippen LogP contribution in [-0.2, 0) is 4.79 Å². The van der Waals surface area contributed by atoms with Crippen LogP contribution in [0.5, 0.6) is 0 Å². The van der Waals surface area contributed by atoms with Gasteiger partial charge in [-0.15, -0.1) is 0 Å². The summed E-state index contributed by atoms with van der Waals surface area (Å²) in [4.78, 5) is 10.8. The number of aryl methyl sites for hydroxylation is 1. The largest absolute Gasteiger partial charge is 0.481 e. The van der Waals surface area contributed by atoms with Crippen molar-refractivity contribution in [2.45, 2.75) is 31.7 Å². The molecule has 0 fully saturated rings. The minimum Gasteiger partial charge on any atom is -0.481 e. The minimum atomic E-state index is -0.827. The molecule has 0 radical (unpaired) electrons. The summed E-state index contributed by atoms with van der Waals surface area (Å²) in [5.74, 6) is -0.503. The fourth-order valence-electron chi connectivity index (χ4n) is 1.93. The van der Waals surface area contributed by atoms with Gasteiger partial charge in [0.05, 0.1) is 17.1 Å². The number of rotatable bonds is 5. The molecule has 2 rings (SSSR count). The molecular weight excluding hydrogens is 352 g/mol. The molecule has 1 aromatic heterocycles. The highest BCUT2D eigenvalue weighted by Crippen LogP contribution is 2.28. The molecule has 1 heterocycles. The number of carboxylic acids is 1. The predicted molar refractivity (Wildman–Crippen MR) is 88.4 cm³/mol. The molecule has 0 unspecified atom stereocenters. The number of hydrogen-bond acceptors (Lipinski definition) is 3. The molecule has 1 aromatic carbocycles. The Labute approximate surface area is 136 Å². The minimum absolute atomic E-state index is 0.0266. The van der Waals surface area contributed by atoms with E-state index in [1.165, 1.54) is 11.8 Å². The maximum absolute atomic E-state index is 10.8. The number of aromatic nitrogens is 2. The molecule has 0 saturated heterocycles. The molecule has 0 bridgehead atoms. The van der Waals surface area contributed by atoms with E-state index in [1.54, 1.807) is 0 Å². The van der Waals surface area contributed by atoms with Crippen molar-refractivity contribution in [3.8, 4) is 5.69 Å². The van der Waals surface area contributed by atoms with Gasteiger partial charge in [0.25, 0.3) is 0 Å². The van der Waals surface area contributed by atoms with E-state index in [2.05, 4.69) is 34.9 Å². The van der Waals surface area contributed by atoms with Crippen molar-refractivity contribution in [2.24, 2.45) is 0 Å². The topological polar surface area (TPSA) is 55.1 Å². The fraction of sp³-hybridized carbons (Fsp3) is 0.333. The maximum Gasteiger partial charge on any atom is 0.313 e. The van der Waals surface area contributed by atoms with Crippen LogP contribution in [0.1, 0.15) is 31.0 Å². The van der Waals surface area contributed by atoms with Crippen molar-refractivity contribution in [3.05, 3.63) is 40.0 Å². The van der Waals surface area contributed by atoms with Gasteiger partial charge in [-0.1, -0.05) is 41.5 Å². The lowest BCUT2D eigenvalue weighted by Gasteiger charge is -2.10. The van der Waals surface area contributed by atoms with Gasteiger partial charge in [-0.05, 0) is 42.7 Å². The Bertz CT molecular complexity index is 668. The number of benzene rings is 1. The maximum atomic E-state index is 10.8. The van der Waals surface area contributed by atoms with Crippen LogP contribution in [0.15, 0.2) is 33.8 Å². The summed E-state index contributed by atoms with van der Waals surface area (Å²) in [6.45, 7) is 6.17. The first-order valence-corrected chi connectivity index (χ1v) is 8.37. The van der Waals surface area contributed by atoms with Crippen LogP contribution in [0.25, 0.3) is 5.69 Å². The summed E-state index contributed by atoms with van der Waals surface area (Å²) in [6, 6.07) is 7.95. The Morgan fingerprint density at radius 3 is 2.71 bits per heavy atom. The Hall–Kier alpha value is -1.27. The second-order valence-electron chi connectivity index (χ2n) is 5.09. The lowest BCUT2D eigenvalue weighted by Crippen LogP contribution is -2.04. The highest BCUT2D eigenvalue weighted by Gasteiger charge is 2.15. The highest BCUT2D eigenvalue weighted by molar-refractivity contribution is 9.10. The standard InChI is InChI=1S/C15H17BrN2O2S/c1-9(2)12-7-14(21-8-15(19)20)18(17-12)13-5-4-11(16)6-10(13)3/h4-7,9H,8H2,1-3H3,(H,19,20). The van der Waals surface area contributed by atoms with Gasteiger partial charge in [0.2, 0.25) is 0 Å². The van der Waals surface area contributed by atoms with Crippen LogP contribution in [0, 0.1) is 6.92 Å². The molecule has 0 atom stereocenters. The van der Waals surface area contributed by atoms with Gasteiger partial charge >= 0.3 is 5.97 Å². The van der Waals surface area contributed by atoms with Crippen molar-refractivity contribution in [1.82, 2.24) is 9.78 Å². The van der Waals surface area contributed by atoms with Crippen molar-refractivity contribution < 1.29 is 9.90 Å². The Morgan fingerprint density at radius 1 is 1.43 bits per heavy atom. The van der Waals surface area contributed by atoms with Crippen molar-refractivity contribution in [3.63, 3.8) is 0 Å². The molecule has 21 heavy (non-hydrogen) atoms. The second kappa shape index (κ2) is 6.66. The number of carbonyl (C=O) groups is 1. The normalized spacial score (nSPS) is 11.1. The molecule has 0 aliphatic heterocycles. The summed E-state index contributed by atoms with van der Waals surface area (Å²) in [7, 11) is 0. The van der Waals surface area contributed by atoms with Gasteiger partial charge in [0, 0.05) is 4.47 Å². The molecule has 4 nitrogen and oxygen atoms in total. The SMILES string of the molecule is Cc1cc(Br)ccc1-n1nc(C(C)C)cc1SCC(=O)O. The first-order chi connectivity index (χ1) is 9.88. The van der Waals surface area contributed by atoms with Gasteiger partial charge < -0.3 is 5.11 Å².